The van der Waals surface area contributed by atoms with E-state index in [1.807, 2.05) is 13.8 Å². The highest BCUT2D eigenvalue weighted by Crippen LogP contribution is 2.66. The Kier molecular flexibility index (Phi) is 5.61. The van der Waals surface area contributed by atoms with Gasteiger partial charge < -0.3 is 10.2 Å². The van der Waals surface area contributed by atoms with E-state index in [9.17, 15) is 10.2 Å². The van der Waals surface area contributed by atoms with E-state index in [4.69, 9.17) is 0 Å². The Balaban J connectivity index is 1.51. The van der Waals surface area contributed by atoms with E-state index in [-0.39, 0.29) is 6.10 Å². The quantitative estimate of drug-likeness (QED) is 0.559. The number of hydrogen-bond donors (Lipinski definition) is 2. The first-order chi connectivity index (χ1) is 13.5. The molecule has 4 aliphatic rings. The molecule has 0 aromatic rings. The van der Waals surface area contributed by atoms with Crippen molar-refractivity contribution in [2.45, 2.75) is 111 Å². The topological polar surface area (TPSA) is 40.5 Å². The highest BCUT2D eigenvalue weighted by Gasteiger charge is 2.56. The molecule has 0 radical (unpaired) electrons. The Bertz CT molecular complexity index is 683. The van der Waals surface area contributed by atoms with Gasteiger partial charge in [-0.05, 0) is 99.7 Å². The van der Waals surface area contributed by atoms with Crippen molar-refractivity contribution in [3.8, 4) is 0 Å². The van der Waals surface area contributed by atoms with Crippen molar-refractivity contribution in [2.75, 3.05) is 0 Å². The van der Waals surface area contributed by atoms with Crippen LogP contribution in [0.15, 0.2) is 23.3 Å². The van der Waals surface area contributed by atoms with Crippen molar-refractivity contribution in [3.05, 3.63) is 23.3 Å². The van der Waals surface area contributed by atoms with Crippen molar-refractivity contribution in [3.63, 3.8) is 0 Å². The standard InChI is InChI=1S/C27H44O2/c1-18(7-6-14-25(2,3)29)22-10-11-23-21-9-8-19-17-20(28)12-15-26(19,4)24(21)13-16-27(22,23)5/h8-9,18,20,22-24,28-29H,6-7,10-17H2,1-5H3/t18-,20-,22+,23-,24-,26-,27+/m0/s1. The molecule has 2 heteroatoms. The maximum atomic E-state index is 10.2. The lowest BCUT2D eigenvalue weighted by Gasteiger charge is -2.55. The molecule has 0 saturated heterocycles. The Morgan fingerprint density at radius 2 is 1.83 bits per heavy atom. The Morgan fingerprint density at radius 1 is 1.07 bits per heavy atom. The van der Waals surface area contributed by atoms with Crippen LogP contribution in [0.1, 0.15) is 98.8 Å². The zero-order valence-corrected chi connectivity index (χ0v) is 19.5. The number of aliphatic hydroxyl groups is 2. The summed E-state index contributed by atoms with van der Waals surface area (Å²) in [5.74, 6) is 3.03. The molecule has 3 saturated carbocycles. The van der Waals surface area contributed by atoms with Crippen LogP contribution in [0.25, 0.3) is 0 Å². The molecule has 7 atom stereocenters. The number of fused-ring (bicyclic) bond motifs is 5. The molecule has 3 fully saturated rings. The van der Waals surface area contributed by atoms with Crippen LogP contribution in [0.5, 0.6) is 0 Å². The minimum atomic E-state index is -0.528. The van der Waals surface area contributed by atoms with Crippen LogP contribution in [0, 0.1) is 34.5 Å². The van der Waals surface area contributed by atoms with Crippen molar-refractivity contribution >= 4 is 0 Å². The molecule has 0 heterocycles. The highest BCUT2D eigenvalue weighted by molar-refractivity contribution is 5.38. The van der Waals surface area contributed by atoms with Gasteiger partial charge in [0.2, 0.25) is 0 Å². The average molecular weight is 401 g/mol. The van der Waals surface area contributed by atoms with Crippen LogP contribution in [0.2, 0.25) is 0 Å². The molecule has 4 aliphatic carbocycles. The maximum absolute atomic E-state index is 10.2. The third kappa shape index (κ3) is 3.78. The summed E-state index contributed by atoms with van der Waals surface area (Å²) in [6, 6.07) is 0. The van der Waals surface area contributed by atoms with Crippen LogP contribution in [-0.2, 0) is 0 Å². The third-order valence-electron chi connectivity index (χ3n) is 9.75. The largest absolute Gasteiger partial charge is 0.393 e. The fourth-order valence-corrected chi connectivity index (χ4v) is 8.02. The van der Waals surface area contributed by atoms with E-state index in [1.165, 1.54) is 37.7 Å². The normalized spacial score (nSPS) is 43.0. The minimum Gasteiger partial charge on any atom is -0.393 e. The lowest BCUT2D eigenvalue weighted by Crippen LogP contribution is -2.46. The fraction of sp³-hybridized carbons (Fsp3) is 0.852. The first kappa shape index (κ1) is 21.6. The van der Waals surface area contributed by atoms with E-state index in [1.54, 1.807) is 5.57 Å². The van der Waals surface area contributed by atoms with Crippen LogP contribution in [0.4, 0.5) is 0 Å². The van der Waals surface area contributed by atoms with Gasteiger partial charge in [-0.25, -0.2) is 0 Å². The first-order valence-electron chi connectivity index (χ1n) is 12.4. The molecular weight excluding hydrogens is 356 g/mol. The van der Waals surface area contributed by atoms with Gasteiger partial charge in [-0.2, -0.15) is 0 Å². The zero-order chi connectivity index (χ0) is 21.0. The second kappa shape index (κ2) is 7.52. The molecule has 0 aromatic carbocycles. The fourth-order valence-electron chi connectivity index (χ4n) is 8.02. The Morgan fingerprint density at radius 3 is 2.55 bits per heavy atom. The van der Waals surface area contributed by atoms with Crippen molar-refractivity contribution in [2.24, 2.45) is 34.5 Å². The third-order valence-corrected chi connectivity index (χ3v) is 9.75. The van der Waals surface area contributed by atoms with Gasteiger partial charge in [0.05, 0.1) is 11.7 Å². The molecule has 2 N–H and O–H groups in total. The SMILES string of the molecule is C[C@@H](CCCC(C)(C)O)[C@H]1CC[C@H]2C3=CC=C4C[C@@H](O)CC[C@]4(C)[C@H]3CC[C@]12C. The van der Waals surface area contributed by atoms with Crippen LogP contribution < -0.4 is 0 Å². The van der Waals surface area contributed by atoms with E-state index in [2.05, 4.69) is 32.9 Å². The van der Waals surface area contributed by atoms with Crippen molar-refractivity contribution in [1.82, 2.24) is 0 Å². The van der Waals surface area contributed by atoms with Gasteiger partial charge in [0, 0.05) is 0 Å². The summed E-state index contributed by atoms with van der Waals surface area (Å²) in [5.41, 5.74) is 3.49. The molecule has 164 valence electrons. The van der Waals surface area contributed by atoms with Gasteiger partial charge in [0.1, 0.15) is 0 Å². The first-order valence-corrected chi connectivity index (χ1v) is 12.4. The molecular formula is C27H44O2. The number of aliphatic hydroxyl groups excluding tert-OH is 1. The second-order valence-corrected chi connectivity index (χ2v) is 12.2. The van der Waals surface area contributed by atoms with E-state index >= 15 is 0 Å². The van der Waals surface area contributed by atoms with Gasteiger partial charge >= 0.3 is 0 Å². The molecule has 0 unspecified atom stereocenters. The van der Waals surface area contributed by atoms with Crippen molar-refractivity contribution < 1.29 is 10.2 Å². The van der Waals surface area contributed by atoms with E-state index in [0.29, 0.717) is 16.7 Å². The molecule has 0 amide bonds. The summed E-state index contributed by atoms with van der Waals surface area (Å²) in [4.78, 5) is 0. The lowest BCUT2D eigenvalue weighted by atomic mass is 9.50. The molecule has 0 bridgehead atoms. The summed E-state index contributed by atoms with van der Waals surface area (Å²) >= 11 is 0. The molecule has 0 spiro atoms. The monoisotopic (exact) mass is 400 g/mol. The molecule has 0 aliphatic heterocycles. The molecule has 2 nitrogen and oxygen atoms in total. The smallest absolute Gasteiger partial charge is 0.0591 e. The lowest BCUT2D eigenvalue weighted by molar-refractivity contribution is 0.0298. The number of allylic oxidation sites excluding steroid dienone is 3. The molecule has 0 aromatic heterocycles. The minimum absolute atomic E-state index is 0.126. The molecule has 29 heavy (non-hydrogen) atoms. The predicted octanol–water partition coefficient (Wildman–Crippen LogP) is 6.42. The van der Waals surface area contributed by atoms with Crippen LogP contribution >= 0.6 is 0 Å². The predicted molar refractivity (Wildman–Crippen MR) is 120 cm³/mol. The van der Waals surface area contributed by atoms with Gasteiger partial charge in [0.15, 0.2) is 0 Å². The summed E-state index contributed by atoms with van der Waals surface area (Å²) in [5, 5.41) is 20.3. The molecule has 4 rings (SSSR count). The Hall–Kier alpha value is -0.600. The van der Waals surface area contributed by atoms with E-state index < -0.39 is 5.60 Å². The highest BCUT2D eigenvalue weighted by atomic mass is 16.3. The number of rotatable bonds is 5. The van der Waals surface area contributed by atoms with Crippen molar-refractivity contribution in [1.29, 1.82) is 0 Å². The zero-order valence-electron chi connectivity index (χ0n) is 19.5. The Labute approximate surface area is 178 Å². The summed E-state index contributed by atoms with van der Waals surface area (Å²) in [6.45, 7) is 11.5. The average Bonchev–Trinajstić information content (AvgIpc) is 2.98. The summed E-state index contributed by atoms with van der Waals surface area (Å²) in [6.07, 6.45) is 16.5. The summed E-state index contributed by atoms with van der Waals surface area (Å²) < 4.78 is 0. The van der Waals surface area contributed by atoms with Gasteiger partial charge in [0.25, 0.3) is 0 Å². The van der Waals surface area contributed by atoms with Crippen LogP contribution in [-0.4, -0.2) is 21.9 Å². The second-order valence-electron chi connectivity index (χ2n) is 12.2. The van der Waals surface area contributed by atoms with E-state index in [0.717, 1.165) is 49.9 Å². The maximum Gasteiger partial charge on any atom is 0.0591 e. The number of hydrogen-bond acceptors (Lipinski definition) is 2. The van der Waals surface area contributed by atoms with Gasteiger partial charge in [-0.1, -0.05) is 56.9 Å². The van der Waals surface area contributed by atoms with Gasteiger partial charge in [-0.3, -0.25) is 0 Å². The van der Waals surface area contributed by atoms with Gasteiger partial charge in [-0.15, -0.1) is 0 Å². The summed E-state index contributed by atoms with van der Waals surface area (Å²) in [7, 11) is 0. The van der Waals surface area contributed by atoms with Crippen LogP contribution in [0.3, 0.4) is 0 Å².